The minimum atomic E-state index is 0.258. The second kappa shape index (κ2) is 6.09. The molecule has 2 aromatic rings. The second-order valence-corrected chi connectivity index (χ2v) is 5.04. The van der Waals surface area contributed by atoms with Gasteiger partial charge in [0.05, 0.1) is 5.69 Å². The maximum absolute atomic E-state index is 6.14. The van der Waals surface area contributed by atoms with Gasteiger partial charge in [0.2, 0.25) is 0 Å². The molecule has 1 aromatic carbocycles. The van der Waals surface area contributed by atoms with E-state index in [-0.39, 0.29) is 6.04 Å². The van der Waals surface area contributed by atoms with Gasteiger partial charge in [0.15, 0.2) is 5.75 Å². The fourth-order valence-corrected chi connectivity index (χ4v) is 2.36. The van der Waals surface area contributed by atoms with Crippen molar-refractivity contribution < 1.29 is 4.74 Å². The summed E-state index contributed by atoms with van der Waals surface area (Å²) in [6.45, 7) is 9.18. The molecule has 1 unspecified atom stereocenters. The summed E-state index contributed by atoms with van der Waals surface area (Å²) >= 11 is 0. The van der Waals surface area contributed by atoms with Crippen molar-refractivity contribution in [2.75, 3.05) is 6.54 Å². The average Bonchev–Trinajstić information content (AvgIpc) is 2.66. The van der Waals surface area contributed by atoms with E-state index in [4.69, 9.17) is 4.74 Å². The monoisotopic (exact) mass is 273 g/mol. The first-order valence-corrected chi connectivity index (χ1v) is 7.05. The minimum Gasteiger partial charge on any atom is -0.453 e. The predicted molar refractivity (Wildman–Crippen MR) is 81.3 cm³/mol. The molecule has 0 spiro atoms. The van der Waals surface area contributed by atoms with Crippen molar-refractivity contribution in [3.05, 3.63) is 41.2 Å². The summed E-state index contributed by atoms with van der Waals surface area (Å²) < 4.78 is 7.98. The molecule has 1 heterocycles. The summed E-state index contributed by atoms with van der Waals surface area (Å²) in [7, 11) is 1.93. The highest BCUT2D eigenvalue weighted by molar-refractivity contribution is 5.42. The number of aromatic nitrogens is 2. The molecule has 0 aliphatic carbocycles. The number of aryl methyl sites for hydroxylation is 2. The molecule has 1 atom stereocenters. The Morgan fingerprint density at radius 3 is 2.60 bits per heavy atom. The Hall–Kier alpha value is -1.81. The van der Waals surface area contributed by atoms with E-state index in [2.05, 4.69) is 30.3 Å². The lowest BCUT2D eigenvalue weighted by atomic mass is 10.1. The second-order valence-electron chi connectivity index (χ2n) is 5.04. The number of hydrogen-bond donors (Lipinski definition) is 1. The smallest absolute Gasteiger partial charge is 0.171 e. The molecular weight excluding hydrogens is 250 g/mol. The van der Waals surface area contributed by atoms with Crippen LogP contribution in [0.2, 0.25) is 0 Å². The number of rotatable bonds is 5. The van der Waals surface area contributed by atoms with E-state index in [9.17, 15) is 0 Å². The number of ether oxygens (including phenoxy) is 1. The van der Waals surface area contributed by atoms with E-state index >= 15 is 0 Å². The molecule has 1 aromatic heterocycles. The highest BCUT2D eigenvalue weighted by Crippen LogP contribution is 2.32. The van der Waals surface area contributed by atoms with Gasteiger partial charge in [0, 0.05) is 18.7 Å². The third kappa shape index (κ3) is 2.85. The predicted octanol–water partition coefficient (Wildman–Crippen LogP) is 3.50. The fraction of sp³-hybridized carbons (Fsp3) is 0.438. The highest BCUT2D eigenvalue weighted by atomic mass is 16.5. The maximum Gasteiger partial charge on any atom is 0.171 e. The van der Waals surface area contributed by atoms with Crippen molar-refractivity contribution in [1.82, 2.24) is 15.1 Å². The third-order valence-electron chi connectivity index (χ3n) is 3.55. The van der Waals surface area contributed by atoms with Crippen LogP contribution < -0.4 is 10.1 Å². The van der Waals surface area contributed by atoms with Gasteiger partial charge in [-0.15, -0.1) is 0 Å². The lowest BCUT2D eigenvalue weighted by Crippen LogP contribution is -2.18. The van der Waals surface area contributed by atoms with E-state index in [1.54, 1.807) is 0 Å². The largest absolute Gasteiger partial charge is 0.453 e. The Bertz CT molecular complexity index is 589. The van der Waals surface area contributed by atoms with Crippen molar-refractivity contribution in [3.8, 4) is 11.5 Å². The molecule has 108 valence electrons. The number of nitrogens with one attached hydrogen (secondary N) is 1. The number of para-hydroxylation sites is 1. The van der Waals surface area contributed by atoms with Gasteiger partial charge in [-0.1, -0.05) is 25.1 Å². The molecule has 1 N–H and O–H groups in total. The van der Waals surface area contributed by atoms with E-state index in [0.717, 1.165) is 35.0 Å². The van der Waals surface area contributed by atoms with Crippen LogP contribution in [0.15, 0.2) is 24.3 Å². The van der Waals surface area contributed by atoms with Crippen LogP contribution in [0.4, 0.5) is 0 Å². The summed E-state index contributed by atoms with van der Waals surface area (Å²) in [4.78, 5) is 0. The van der Waals surface area contributed by atoms with Gasteiger partial charge in [-0.2, -0.15) is 5.10 Å². The zero-order valence-corrected chi connectivity index (χ0v) is 12.9. The van der Waals surface area contributed by atoms with Crippen LogP contribution in [-0.4, -0.2) is 16.3 Å². The SMILES string of the molecule is CCNC(C)c1ccccc1Oc1c(C)nn(C)c1C. The van der Waals surface area contributed by atoms with Gasteiger partial charge in [0.1, 0.15) is 11.4 Å². The van der Waals surface area contributed by atoms with Crippen LogP contribution >= 0.6 is 0 Å². The summed E-state index contributed by atoms with van der Waals surface area (Å²) in [5, 5.41) is 7.82. The van der Waals surface area contributed by atoms with Crippen molar-refractivity contribution in [3.63, 3.8) is 0 Å². The molecule has 4 nitrogen and oxygen atoms in total. The Morgan fingerprint density at radius 1 is 1.30 bits per heavy atom. The molecule has 0 saturated heterocycles. The fourth-order valence-electron chi connectivity index (χ4n) is 2.36. The minimum absolute atomic E-state index is 0.258. The van der Waals surface area contributed by atoms with Crippen LogP contribution in [0.25, 0.3) is 0 Å². The van der Waals surface area contributed by atoms with Crippen LogP contribution in [0, 0.1) is 13.8 Å². The first kappa shape index (κ1) is 14.6. The first-order valence-electron chi connectivity index (χ1n) is 7.05. The van der Waals surface area contributed by atoms with Gasteiger partial charge in [-0.25, -0.2) is 0 Å². The highest BCUT2D eigenvalue weighted by Gasteiger charge is 2.15. The number of benzene rings is 1. The zero-order chi connectivity index (χ0) is 14.7. The molecule has 0 radical (unpaired) electrons. The van der Waals surface area contributed by atoms with Gasteiger partial charge in [-0.05, 0) is 33.4 Å². The molecule has 2 rings (SSSR count). The number of nitrogens with zero attached hydrogens (tertiary/aromatic N) is 2. The van der Waals surface area contributed by atoms with E-state index in [1.807, 2.05) is 43.8 Å². The molecule has 20 heavy (non-hydrogen) atoms. The lowest BCUT2D eigenvalue weighted by molar-refractivity contribution is 0.456. The quantitative estimate of drug-likeness (QED) is 0.906. The van der Waals surface area contributed by atoms with Crippen molar-refractivity contribution in [2.24, 2.45) is 7.05 Å². The molecular formula is C16H23N3O. The summed E-state index contributed by atoms with van der Waals surface area (Å²) in [6.07, 6.45) is 0. The van der Waals surface area contributed by atoms with Crippen molar-refractivity contribution in [1.29, 1.82) is 0 Å². The molecule has 0 amide bonds. The van der Waals surface area contributed by atoms with E-state index in [0.29, 0.717) is 0 Å². The van der Waals surface area contributed by atoms with Gasteiger partial charge < -0.3 is 10.1 Å². The average molecular weight is 273 g/mol. The molecule has 0 fully saturated rings. The van der Waals surface area contributed by atoms with Crippen LogP contribution in [-0.2, 0) is 7.05 Å². The molecule has 0 saturated carbocycles. The molecule has 0 aliphatic heterocycles. The van der Waals surface area contributed by atoms with E-state index < -0.39 is 0 Å². The van der Waals surface area contributed by atoms with Gasteiger partial charge in [-0.3, -0.25) is 4.68 Å². The normalized spacial score (nSPS) is 12.4. The summed E-state index contributed by atoms with van der Waals surface area (Å²) in [5.41, 5.74) is 3.11. The third-order valence-corrected chi connectivity index (χ3v) is 3.55. The Kier molecular flexibility index (Phi) is 4.45. The molecule has 4 heteroatoms. The Labute approximate surface area is 120 Å². The number of hydrogen-bond acceptors (Lipinski definition) is 3. The van der Waals surface area contributed by atoms with Crippen molar-refractivity contribution >= 4 is 0 Å². The van der Waals surface area contributed by atoms with Crippen molar-refractivity contribution in [2.45, 2.75) is 33.7 Å². The van der Waals surface area contributed by atoms with Crippen LogP contribution in [0.1, 0.15) is 36.8 Å². The van der Waals surface area contributed by atoms with Gasteiger partial charge >= 0.3 is 0 Å². The van der Waals surface area contributed by atoms with Crippen LogP contribution in [0.5, 0.6) is 11.5 Å². The van der Waals surface area contributed by atoms with Gasteiger partial charge in [0.25, 0.3) is 0 Å². The van der Waals surface area contributed by atoms with E-state index in [1.165, 1.54) is 0 Å². The molecule has 0 bridgehead atoms. The standard InChI is InChI=1S/C16H23N3O/c1-6-17-11(2)14-9-7-8-10-15(14)20-16-12(3)18-19(5)13(16)4/h7-11,17H,6H2,1-5H3. The summed E-state index contributed by atoms with van der Waals surface area (Å²) in [5.74, 6) is 1.74. The maximum atomic E-state index is 6.14. The van der Waals surface area contributed by atoms with Crippen LogP contribution in [0.3, 0.4) is 0 Å². The summed E-state index contributed by atoms with van der Waals surface area (Å²) in [6, 6.07) is 8.41. The lowest BCUT2D eigenvalue weighted by Gasteiger charge is -2.17. The molecule has 0 aliphatic rings. The Balaban J connectivity index is 2.34. The topological polar surface area (TPSA) is 39.1 Å². The zero-order valence-electron chi connectivity index (χ0n) is 12.9. The first-order chi connectivity index (χ1) is 9.54. The Morgan fingerprint density at radius 2 is 2.00 bits per heavy atom.